The normalized spacial score (nSPS) is 29.2. The van der Waals surface area contributed by atoms with Gasteiger partial charge in [0.2, 0.25) is 0 Å². The standard InChI is InChI=1S/C24H28F3N/c25-24(26,27)23-15-13-22(14-16-23)21-11-9-20(10-12-21)19-7-5-18(6-8-19)4-2-1-3-17-28/h1-4,13-16,18-21H,5-12H2/b3-1+,4-2+/t18?,19?,20-,21-. The van der Waals surface area contributed by atoms with Crippen LogP contribution in [0.2, 0.25) is 0 Å². The SMILES string of the molecule is N#C/C=C/C=C/C1CCC([C@H]2CC[C@H](c3ccc(C(F)(F)F)cc3)CC2)CC1. The van der Waals surface area contributed by atoms with Crippen molar-refractivity contribution < 1.29 is 13.2 Å². The molecule has 0 amide bonds. The van der Waals surface area contributed by atoms with E-state index < -0.39 is 11.7 Å². The van der Waals surface area contributed by atoms with Gasteiger partial charge < -0.3 is 0 Å². The van der Waals surface area contributed by atoms with Crippen LogP contribution in [0.3, 0.4) is 0 Å². The molecule has 2 aliphatic rings. The third-order valence-electron chi connectivity index (χ3n) is 6.63. The highest BCUT2D eigenvalue weighted by molar-refractivity contribution is 5.27. The molecule has 1 aromatic rings. The van der Waals surface area contributed by atoms with Crippen LogP contribution in [0.25, 0.3) is 0 Å². The molecule has 2 fully saturated rings. The van der Waals surface area contributed by atoms with Crippen molar-refractivity contribution in [2.24, 2.45) is 17.8 Å². The lowest BCUT2D eigenvalue weighted by Gasteiger charge is -2.37. The molecule has 150 valence electrons. The molecule has 4 heteroatoms. The maximum Gasteiger partial charge on any atom is 0.416 e. The monoisotopic (exact) mass is 387 g/mol. The molecule has 0 bridgehead atoms. The van der Waals surface area contributed by atoms with E-state index in [4.69, 9.17) is 5.26 Å². The van der Waals surface area contributed by atoms with Gasteiger partial charge in [-0.25, -0.2) is 0 Å². The van der Waals surface area contributed by atoms with Crippen molar-refractivity contribution in [1.82, 2.24) is 0 Å². The summed E-state index contributed by atoms with van der Waals surface area (Å²) in [6.07, 6.45) is 12.8. The van der Waals surface area contributed by atoms with Gasteiger partial charge in [-0.3, -0.25) is 0 Å². The minimum atomic E-state index is -4.25. The van der Waals surface area contributed by atoms with Gasteiger partial charge in [0.1, 0.15) is 0 Å². The van der Waals surface area contributed by atoms with Crippen LogP contribution in [-0.4, -0.2) is 0 Å². The number of hydrogen-bond acceptors (Lipinski definition) is 1. The number of halogens is 3. The van der Waals surface area contributed by atoms with E-state index in [-0.39, 0.29) is 0 Å². The Morgan fingerprint density at radius 3 is 1.93 bits per heavy atom. The molecule has 2 aliphatic carbocycles. The lowest BCUT2D eigenvalue weighted by molar-refractivity contribution is -0.137. The fraction of sp³-hybridized carbons (Fsp3) is 0.542. The van der Waals surface area contributed by atoms with E-state index in [1.165, 1.54) is 56.7 Å². The highest BCUT2D eigenvalue weighted by Gasteiger charge is 2.32. The van der Waals surface area contributed by atoms with Crippen molar-refractivity contribution in [3.05, 3.63) is 59.7 Å². The van der Waals surface area contributed by atoms with Crippen LogP contribution in [-0.2, 0) is 6.18 Å². The molecule has 0 N–H and O–H groups in total. The van der Waals surface area contributed by atoms with Crippen LogP contribution in [0.5, 0.6) is 0 Å². The molecule has 0 saturated heterocycles. The van der Waals surface area contributed by atoms with Crippen LogP contribution in [0.1, 0.15) is 68.4 Å². The molecule has 0 unspecified atom stereocenters. The molecule has 1 aromatic carbocycles. The van der Waals surface area contributed by atoms with Crippen molar-refractivity contribution >= 4 is 0 Å². The van der Waals surface area contributed by atoms with Gasteiger partial charge in [0, 0.05) is 6.08 Å². The van der Waals surface area contributed by atoms with Crippen molar-refractivity contribution in [3.63, 3.8) is 0 Å². The molecule has 0 heterocycles. The largest absolute Gasteiger partial charge is 0.416 e. The van der Waals surface area contributed by atoms with Crippen LogP contribution >= 0.6 is 0 Å². The molecular formula is C24H28F3N. The van der Waals surface area contributed by atoms with Gasteiger partial charge in [0.15, 0.2) is 0 Å². The molecule has 0 radical (unpaired) electrons. The fourth-order valence-corrected chi connectivity index (χ4v) is 5.00. The lowest BCUT2D eigenvalue weighted by Crippen LogP contribution is -2.25. The summed E-state index contributed by atoms with van der Waals surface area (Å²) in [7, 11) is 0. The van der Waals surface area contributed by atoms with Gasteiger partial charge in [-0.05, 0) is 92.7 Å². The predicted molar refractivity (Wildman–Crippen MR) is 105 cm³/mol. The summed E-state index contributed by atoms with van der Waals surface area (Å²) in [6, 6.07) is 7.79. The van der Waals surface area contributed by atoms with Gasteiger partial charge in [0.05, 0.1) is 11.6 Å². The molecule has 1 nitrogen and oxygen atoms in total. The Bertz CT molecular complexity index is 708. The van der Waals surface area contributed by atoms with E-state index in [9.17, 15) is 13.2 Å². The van der Waals surface area contributed by atoms with Gasteiger partial charge in [0.25, 0.3) is 0 Å². The molecule has 28 heavy (non-hydrogen) atoms. The van der Waals surface area contributed by atoms with E-state index >= 15 is 0 Å². The smallest absolute Gasteiger partial charge is 0.193 e. The van der Waals surface area contributed by atoms with Crippen LogP contribution in [0.15, 0.2) is 48.6 Å². The number of hydrogen-bond donors (Lipinski definition) is 0. The number of rotatable bonds is 4. The first-order valence-corrected chi connectivity index (χ1v) is 10.4. The predicted octanol–water partition coefficient (Wildman–Crippen LogP) is 7.42. The maximum atomic E-state index is 12.7. The third kappa shape index (κ3) is 5.50. The maximum absolute atomic E-state index is 12.7. The second-order valence-corrected chi connectivity index (χ2v) is 8.28. The summed E-state index contributed by atoms with van der Waals surface area (Å²) in [6.45, 7) is 0. The van der Waals surface area contributed by atoms with E-state index in [2.05, 4.69) is 6.08 Å². The molecule has 0 aliphatic heterocycles. The average molecular weight is 387 g/mol. The zero-order valence-electron chi connectivity index (χ0n) is 16.2. The topological polar surface area (TPSA) is 23.8 Å². The van der Waals surface area contributed by atoms with Crippen molar-refractivity contribution in [2.75, 3.05) is 0 Å². The quantitative estimate of drug-likeness (QED) is 0.389. The minimum Gasteiger partial charge on any atom is -0.193 e. The number of alkyl halides is 3. The van der Waals surface area contributed by atoms with E-state index in [0.717, 1.165) is 30.2 Å². The number of nitriles is 1. The second kappa shape index (κ2) is 9.45. The highest BCUT2D eigenvalue weighted by atomic mass is 19.4. The zero-order chi connectivity index (χ0) is 20.0. The molecule has 0 spiro atoms. The van der Waals surface area contributed by atoms with Gasteiger partial charge in [-0.2, -0.15) is 18.4 Å². The zero-order valence-corrected chi connectivity index (χ0v) is 16.2. The van der Waals surface area contributed by atoms with Crippen molar-refractivity contribution in [1.29, 1.82) is 5.26 Å². The number of nitrogens with zero attached hydrogens (tertiary/aromatic N) is 1. The molecule has 3 rings (SSSR count). The van der Waals surface area contributed by atoms with E-state index in [1.807, 2.05) is 12.1 Å². The summed E-state index contributed by atoms with van der Waals surface area (Å²) in [5, 5.41) is 8.50. The van der Waals surface area contributed by atoms with Gasteiger partial charge >= 0.3 is 6.18 Å². The van der Waals surface area contributed by atoms with Crippen LogP contribution in [0, 0.1) is 29.1 Å². The van der Waals surface area contributed by atoms with E-state index in [1.54, 1.807) is 18.2 Å². The molecule has 0 aromatic heterocycles. The Kier molecular flexibility index (Phi) is 6.99. The Labute approximate surface area is 165 Å². The Morgan fingerprint density at radius 1 is 0.821 bits per heavy atom. The van der Waals surface area contributed by atoms with Crippen LogP contribution < -0.4 is 0 Å². The van der Waals surface area contributed by atoms with Crippen molar-refractivity contribution in [2.45, 2.75) is 63.5 Å². The summed E-state index contributed by atoms with van der Waals surface area (Å²) in [5.41, 5.74) is 0.504. The summed E-state index contributed by atoms with van der Waals surface area (Å²) >= 11 is 0. The Hall–Kier alpha value is -2.02. The first-order valence-electron chi connectivity index (χ1n) is 10.4. The van der Waals surface area contributed by atoms with Crippen molar-refractivity contribution in [3.8, 4) is 6.07 Å². The molecule has 2 saturated carbocycles. The fourth-order valence-electron chi connectivity index (χ4n) is 5.00. The third-order valence-corrected chi connectivity index (χ3v) is 6.63. The number of allylic oxidation sites excluding steroid dienone is 4. The summed E-state index contributed by atoms with van der Waals surface area (Å²) in [4.78, 5) is 0. The van der Waals surface area contributed by atoms with E-state index in [0.29, 0.717) is 11.8 Å². The highest BCUT2D eigenvalue weighted by Crippen LogP contribution is 2.44. The summed E-state index contributed by atoms with van der Waals surface area (Å²) in [5.74, 6) is 2.61. The average Bonchev–Trinajstić information content (AvgIpc) is 2.71. The molecule has 0 atom stereocenters. The van der Waals surface area contributed by atoms with Crippen LogP contribution in [0.4, 0.5) is 13.2 Å². The summed E-state index contributed by atoms with van der Waals surface area (Å²) < 4.78 is 38.2. The number of benzene rings is 1. The first kappa shape index (κ1) is 20.7. The second-order valence-electron chi connectivity index (χ2n) is 8.28. The Balaban J connectivity index is 1.45. The lowest BCUT2D eigenvalue weighted by atomic mass is 9.68. The first-order chi connectivity index (χ1) is 13.5. The Morgan fingerprint density at radius 2 is 1.39 bits per heavy atom. The minimum absolute atomic E-state index is 0.407. The molecular weight excluding hydrogens is 359 g/mol. The van der Waals surface area contributed by atoms with Gasteiger partial charge in [-0.15, -0.1) is 0 Å². The van der Waals surface area contributed by atoms with Gasteiger partial charge in [-0.1, -0.05) is 30.4 Å².